The van der Waals surface area contributed by atoms with Crippen LogP contribution in [-0.2, 0) is 11.3 Å². The standard InChI is InChI=1S/C16H16F2N4O2/c1-24-15(23)11-5-20-22(7-11)6-10-2-3-14(19-4-10)21-8-12-13(9-21)16(12,17)18/h2-5,7,12-13H,6,8-9H2,1H3. The molecule has 4 rings (SSSR count). The summed E-state index contributed by atoms with van der Waals surface area (Å²) in [7, 11) is 1.32. The molecule has 2 aliphatic rings. The van der Waals surface area contributed by atoms with E-state index in [4.69, 9.17) is 0 Å². The summed E-state index contributed by atoms with van der Waals surface area (Å²) >= 11 is 0. The van der Waals surface area contributed by atoms with Crippen LogP contribution in [0.1, 0.15) is 15.9 Å². The van der Waals surface area contributed by atoms with Gasteiger partial charge in [-0.25, -0.2) is 18.6 Å². The highest BCUT2D eigenvalue weighted by Crippen LogP contribution is 2.59. The number of anilines is 1. The number of carbonyl (C=O) groups excluding carboxylic acids is 1. The summed E-state index contributed by atoms with van der Waals surface area (Å²) in [6.45, 7) is 1.20. The van der Waals surface area contributed by atoms with Gasteiger partial charge in [-0.05, 0) is 11.6 Å². The molecule has 0 radical (unpaired) electrons. The fraction of sp³-hybridized carbons (Fsp3) is 0.438. The third kappa shape index (κ3) is 2.42. The summed E-state index contributed by atoms with van der Waals surface area (Å²) in [5, 5.41) is 4.11. The first-order valence-electron chi connectivity index (χ1n) is 7.67. The van der Waals surface area contributed by atoms with Gasteiger partial charge in [0, 0.05) is 25.5 Å². The van der Waals surface area contributed by atoms with E-state index in [1.54, 1.807) is 17.1 Å². The van der Waals surface area contributed by atoms with E-state index >= 15 is 0 Å². The minimum absolute atomic E-state index is 0.367. The van der Waals surface area contributed by atoms with Crippen LogP contribution in [-0.4, -0.2) is 46.9 Å². The molecule has 6 nitrogen and oxygen atoms in total. The number of aromatic nitrogens is 3. The van der Waals surface area contributed by atoms with Gasteiger partial charge in [0.2, 0.25) is 0 Å². The van der Waals surface area contributed by atoms with Crippen molar-refractivity contribution >= 4 is 11.8 Å². The number of fused-ring (bicyclic) bond motifs is 1. The van der Waals surface area contributed by atoms with Gasteiger partial charge < -0.3 is 9.64 Å². The number of nitrogens with zero attached hydrogens (tertiary/aromatic N) is 4. The Kier molecular flexibility index (Phi) is 3.29. The molecule has 2 unspecified atom stereocenters. The van der Waals surface area contributed by atoms with E-state index in [1.165, 1.54) is 13.3 Å². The molecule has 0 spiro atoms. The van der Waals surface area contributed by atoms with Gasteiger partial charge in [0.1, 0.15) is 5.82 Å². The minimum Gasteiger partial charge on any atom is -0.465 e. The molecule has 1 saturated carbocycles. The Bertz CT molecular complexity index is 761. The number of esters is 1. The van der Waals surface area contributed by atoms with Gasteiger partial charge >= 0.3 is 5.97 Å². The summed E-state index contributed by atoms with van der Waals surface area (Å²) in [6, 6.07) is 3.73. The van der Waals surface area contributed by atoms with E-state index in [0.29, 0.717) is 25.2 Å². The highest BCUT2D eigenvalue weighted by molar-refractivity contribution is 5.88. The molecule has 2 aromatic heterocycles. The lowest BCUT2D eigenvalue weighted by Crippen LogP contribution is -2.28. The van der Waals surface area contributed by atoms with Crippen molar-refractivity contribution in [3.05, 3.63) is 41.9 Å². The first-order chi connectivity index (χ1) is 11.5. The summed E-state index contributed by atoms with van der Waals surface area (Å²) in [4.78, 5) is 17.7. The summed E-state index contributed by atoms with van der Waals surface area (Å²) in [5.74, 6) is -3.22. The van der Waals surface area contributed by atoms with Crippen LogP contribution in [0.25, 0.3) is 0 Å². The van der Waals surface area contributed by atoms with E-state index in [-0.39, 0.29) is 0 Å². The van der Waals surface area contributed by atoms with Crippen molar-refractivity contribution in [2.24, 2.45) is 11.8 Å². The maximum atomic E-state index is 13.2. The molecule has 0 N–H and O–H groups in total. The van der Waals surface area contributed by atoms with Crippen LogP contribution in [0, 0.1) is 11.8 Å². The molecule has 1 saturated heterocycles. The van der Waals surface area contributed by atoms with Gasteiger partial charge in [-0.2, -0.15) is 5.10 Å². The number of ether oxygens (including phenoxy) is 1. The van der Waals surface area contributed by atoms with E-state index in [1.807, 2.05) is 17.0 Å². The Morgan fingerprint density at radius 1 is 1.33 bits per heavy atom. The van der Waals surface area contributed by atoms with Gasteiger partial charge in [0.25, 0.3) is 5.92 Å². The maximum Gasteiger partial charge on any atom is 0.341 e. The van der Waals surface area contributed by atoms with E-state index < -0.39 is 23.7 Å². The zero-order valence-electron chi connectivity index (χ0n) is 13.0. The number of halogens is 2. The molecule has 0 amide bonds. The summed E-state index contributed by atoms with van der Waals surface area (Å²) in [6.07, 6.45) is 4.76. The Balaban J connectivity index is 1.40. The Hall–Kier alpha value is -2.51. The molecule has 2 atom stereocenters. The van der Waals surface area contributed by atoms with E-state index in [0.717, 1.165) is 11.4 Å². The molecular weight excluding hydrogens is 318 g/mol. The average molecular weight is 334 g/mol. The zero-order valence-corrected chi connectivity index (χ0v) is 13.0. The second-order valence-corrected chi connectivity index (χ2v) is 6.24. The highest BCUT2D eigenvalue weighted by atomic mass is 19.3. The number of rotatable bonds is 4. The van der Waals surface area contributed by atoms with Gasteiger partial charge in [-0.15, -0.1) is 0 Å². The van der Waals surface area contributed by atoms with Gasteiger partial charge in [0.15, 0.2) is 0 Å². The maximum absolute atomic E-state index is 13.2. The summed E-state index contributed by atoms with van der Waals surface area (Å²) in [5.41, 5.74) is 1.30. The van der Waals surface area contributed by atoms with Crippen LogP contribution in [0.4, 0.5) is 14.6 Å². The second kappa shape index (κ2) is 5.25. The van der Waals surface area contributed by atoms with Gasteiger partial charge in [-0.1, -0.05) is 6.07 Å². The topological polar surface area (TPSA) is 60.2 Å². The number of hydrogen-bond donors (Lipinski definition) is 0. The van der Waals surface area contributed by atoms with Crippen molar-refractivity contribution in [1.82, 2.24) is 14.8 Å². The van der Waals surface area contributed by atoms with Crippen molar-refractivity contribution in [2.75, 3.05) is 25.1 Å². The Labute approximate surface area is 137 Å². The number of alkyl halides is 2. The predicted octanol–water partition coefficient (Wildman–Crippen LogP) is 1.81. The SMILES string of the molecule is COC(=O)c1cnn(Cc2ccc(N3CC4C(C3)C4(F)F)nc2)c1. The van der Waals surface area contributed by atoms with Gasteiger partial charge in [-0.3, -0.25) is 4.68 Å². The number of hydrogen-bond acceptors (Lipinski definition) is 5. The Morgan fingerprint density at radius 2 is 2.08 bits per heavy atom. The van der Waals surface area contributed by atoms with Crippen LogP contribution >= 0.6 is 0 Å². The first kappa shape index (κ1) is 15.0. The quantitative estimate of drug-likeness (QED) is 0.798. The smallest absolute Gasteiger partial charge is 0.341 e. The molecule has 2 fully saturated rings. The second-order valence-electron chi connectivity index (χ2n) is 6.24. The van der Waals surface area contributed by atoms with Crippen molar-refractivity contribution in [3.8, 4) is 0 Å². The molecule has 2 aromatic rings. The monoisotopic (exact) mass is 334 g/mol. The number of methoxy groups -OCH3 is 1. The van der Waals surface area contributed by atoms with Crippen LogP contribution in [0.3, 0.4) is 0 Å². The number of piperidine rings is 1. The molecule has 0 bridgehead atoms. The average Bonchev–Trinajstić information content (AvgIpc) is 3.05. The lowest BCUT2D eigenvalue weighted by atomic mass is 10.2. The molecule has 1 aliphatic heterocycles. The highest BCUT2D eigenvalue weighted by Gasteiger charge is 2.71. The Morgan fingerprint density at radius 3 is 2.71 bits per heavy atom. The summed E-state index contributed by atoms with van der Waals surface area (Å²) < 4.78 is 32.7. The molecular formula is C16H16F2N4O2. The molecule has 1 aliphatic carbocycles. The fourth-order valence-electron chi connectivity index (χ4n) is 3.25. The van der Waals surface area contributed by atoms with Crippen molar-refractivity contribution < 1.29 is 18.3 Å². The van der Waals surface area contributed by atoms with Crippen LogP contribution in [0.15, 0.2) is 30.7 Å². The molecule has 0 aromatic carbocycles. The third-order valence-corrected chi connectivity index (χ3v) is 4.73. The zero-order chi connectivity index (χ0) is 16.9. The fourth-order valence-corrected chi connectivity index (χ4v) is 3.25. The number of pyridine rings is 1. The van der Waals surface area contributed by atoms with Crippen molar-refractivity contribution in [2.45, 2.75) is 12.5 Å². The molecule has 126 valence electrons. The largest absolute Gasteiger partial charge is 0.465 e. The van der Waals surface area contributed by atoms with E-state index in [9.17, 15) is 13.6 Å². The van der Waals surface area contributed by atoms with Crippen molar-refractivity contribution in [3.63, 3.8) is 0 Å². The first-order valence-corrected chi connectivity index (χ1v) is 7.67. The third-order valence-electron chi connectivity index (χ3n) is 4.73. The lowest BCUT2D eigenvalue weighted by molar-refractivity contribution is 0.0600. The normalized spacial score (nSPS) is 23.9. The number of carbonyl (C=O) groups is 1. The van der Waals surface area contributed by atoms with Crippen molar-refractivity contribution in [1.29, 1.82) is 0 Å². The minimum atomic E-state index is -2.48. The van der Waals surface area contributed by atoms with Crippen LogP contribution < -0.4 is 4.90 Å². The molecule has 24 heavy (non-hydrogen) atoms. The van der Waals surface area contributed by atoms with Gasteiger partial charge in [0.05, 0.1) is 37.3 Å². The lowest BCUT2D eigenvalue weighted by Gasteiger charge is -2.20. The van der Waals surface area contributed by atoms with E-state index in [2.05, 4.69) is 14.8 Å². The molecule has 3 heterocycles. The predicted molar refractivity (Wildman–Crippen MR) is 81.0 cm³/mol. The van der Waals surface area contributed by atoms with Crippen LogP contribution in [0.5, 0.6) is 0 Å². The van der Waals surface area contributed by atoms with Crippen LogP contribution in [0.2, 0.25) is 0 Å². The molecule has 8 heteroatoms.